The SMILES string of the molecule is CC(CCc1ccsc1)C(N)=O. The molecule has 2 N–H and O–H groups in total. The Morgan fingerprint density at radius 2 is 2.50 bits per heavy atom. The summed E-state index contributed by atoms with van der Waals surface area (Å²) in [6, 6.07) is 2.08. The van der Waals surface area contributed by atoms with Crippen LogP contribution in [0.15, 0.2) is 16.8 Å². The maximum Gasteiger partial charge on any atom is 0.220 e. The molecule has 0 bridgehead atoms. The standard InChI is InChI=1S/C9H13NOS/c1-7(9(10)11)2-3-8-4-5-12-6-8/h4-7H,2-3H2,1H3,(H2,10,11). The first kappa shape index (κ1) is 9.26. The minimum absolute atomic E-state index is 0.00935. The molecular formula is C9H13NOS. The highest BCUT2D eigenvalue weighted by Gasteiger charge is 2.07. The van der Waals surface area contributed by atoms with Crippen molar-refractivity contribution >= 4 is 17.2 Å². The Bertz CT molecular complexity index is 243. The van der Waals surface area contributed by atoms with Gasteiger partial charge in [0.25, 0.3) is 0 Å². The minimum atomic E-state index is -0.203. The van der Waals surface area contributed by atoms with Crippen molar-refractivity contribution in [1.82, 2.24) is 0 Å². The van der Waals surface area contributed by atoms with Crippen LogP contribution >= 0.6 is 11.3 Å². The number of carbonyl (C=O) groups is 1. The average molecular weight is 183 g/mol. The lowest BCUT2D eigenvalue weighted by molar-refractivity contribution is -0.121. The molecule has 1 aromatic rings. The molecule has 1 unspecified atom stereocenters. The van der Waals surface area contributed by atoms with Crippen LogP contribution in [0.1, 0.15) is 18.9 Å². The first-order valence-electron chi connectivity index (χ1n) is 4.00. The second kappa shape index (κ2) is 4.26. The first-order chi connectivity index (χ1) is 5.70. The quantitative estimate of drug-likeness (QED) is 0.760. The molecule has 1 atom stereocenters. The second-order valence-corrected chi connectivity index (χ2v) is 3.75. The molecule has 1 aromatic heterocycles. The second-order valence-electron chi connectivity index (χ2n) is 2.97. The molecule has 0 aromatic carbocycles. The largest absolute Gasteiger partial charge is 0.369 e. The van der Waals surface area contributed by atoms with Crippen LogP contribution in [0.4, 0.5) is 0 Å². The molecule has 0 aliphatic carbocycles. The summed E-state index contributed by atoms with van der Waals surface area (Å²) < 4.78 is 0. The molecule has 3 heteroatoms. The van der Waals surface area contributed by atoms with Crippen LogP contribution < -0.4 is 5.73 Å². The van der Waals surface area contributed by atoms with E-state index in [0.29, 0.717) is 0 Å². The third-order valence-electron chi connectivity index (χ3n) is 1.93. The van der Waals surface area contributed by atoms with Crippen LogP contribution in [-0.2, 0) is 11.2 Å². The monoisotopic (exact) mass is 183 g/mol. The fourth-order valence-electron chi connectivity index (χ4n) is 0.960. The normalized spacial score (nSPS) is 12.8. The van der Waals surface area contributed by atoms with E-state index in [1.165, 1.54) is 5.56 Å². The number of rotatable bonds is 4. The maximum absolute atomic E-state index is 10.7. The van der Waals surface area contributed by atoms with Gasteiger partial charge >= 0.3 is 0 Å². The number of amides is 1. The number of thiophene rings is 1. The van der Waals surface area contributed by atoms with Gasteiger partial charge in [0.2, 0.25) is 5.91 Å². The number of hydrogen-bond donors (Lipinski definition) is 1. The molecule has 12 heavy (non-hydrogen) atoms. The fourth-order valence-corrected chi connectivity index (χ4v) is 1.66. The lowest BCUT2D eigenvalue weighted by atomic mass is 10.0. The zero-order valence-electron chi connectivity index (χ0n) is 7.12. The highest BCUT2D eigenvalue weighted by atomic mass is 32.1. The summed E-state index contributed by atoms with van der Waals surface area (Å²) in [7, 11) is 0. The summed E-state index contributed by atoms with van der Waals surface area (Å²) in [5, 5.41) is 4.15. The van der Waals surface area contributed by atoms with E-state index < -0.39 is 0 Å². The summed E-state index contributed by atoms with van der Waals surface area (Å²) in [4.78, 5) is 10.7. The predicted octanol–water partition coefficient (Wildman–Crippen LogP) is 1.80. The van der Waals surface area contributed by atoms with Gasteiger partial charge < -0.3 is 5.73 Å². The Hall–Kier alpha value is -0.830. The third kappa shape index (κ3) is 2.66. The topological polar surface area (TPSA) is 43.1 Å². The van der Waals surface area contributed by atoms with Gasteiger partial charge in [0.05, 0.1) is 0 Å². The van der Waals surface area contributed by atoms with E-state index in [4.69, 9.17) is 5.73 Å². The maximum atomic E-state index is 10.7. The Morgan fingerprint density at radius 1 is 1.75 bits per heavy atom. The van der Waals surface area contributed by atoms with Crippen LogP contribution in [0.5, 0.6) is 0 Å². The molecule has 1 rings (SSSR count). The Labute approximate surface area is 76.4 Å². The van der Waals surface area contributed by atoms with Crippen LogP contribution in [0.3, 0.4) is 0 Å². The molecule has 0 saturated heterocycles. The summed E-state index contributed by atoms with van der Waals surface area (Å²) in [5.74, 6) is -0.213. The van der Waals surface area contributed by atoms with Crippen molar-refractivity contribution in [2.75, 3.05) is 0 Å². The third-order valence-corrected chi connectivity index (χ3v) is 2.66. The van der Waals surface area contributed by atoms with Gasteiger partial charge in [0.15, 0.2) is 0 Å². The molecule has 0 saturated carbocycles. The van der Waals surface area contributed by atoms with Crippen molar-refractivity contribution in [2.24, 2.45) is 11.7 Å². The summed E-state index contributed by atoms with van der Waals surface area (Å²) in [6.07, 6.45) is 1.81. The van der Waals surface area contributed by atoms with Crippen molar-refractivity contribution < 1.29 is 4.79 Å². The van der Waals surface area contributed by atoms with Crippen LogP contribution in [0, 0.1) is 5.92 Å². The Balaban J connectivity index is 2.31. The van der Waals surface area contributed by atoms with Gasteiger partial charge in [-0.25, -0.2) is 0 Å². The number of hydrogen-bond acceptors (Lipinski definition) is 2. The fraction of sp³-hybridized carbons (Fsp3) is 0.444. The van der Waals surface area contributed by atoms with Gasteiger partial charge in [-0.15, -0.1) is 0 Å². The van der Waals surface area contributed by atoms with E-state index in [-0.39, 0.29) is 11.8 Å². The molecule has 0 radical (unpaired) electrons. The van der Waals surface area contributed by atoms with E-state index in [2.05, 4.69) is 11.4 Å². The molecule has 2 nitrogen and oxygen atoms in total. The van der Waals surface area contributed by atoms with E-state index in [9.17, 15) is 4.79 Å². The number of nitrogens with two attached hydrogens (primary N) is 1. The van der Waals surface area contributed by atoms with Crippen molar-refractivity contribution in [3.8, 4) is 0 Å². The Kier molecular flexibility index (Phi) is 3.29. The summed E-state index contributed by atoms with van der Waals surface area (Å²) >= 11 is 1.68. The van der Waals surface area contributed by atoms with E-state index in [1.807, 2.05) is 12.3 Å². The summed E-state index contributed by atoms with van der Waals surface area (Å²) in [6.45, 7) is 1.87. The summed E-state index contributed by atoms with van der Waals surface area (Å²) in [5.41, 5.74) is 6.44. The Morgan fingerprint density at radius 3 is 3.00 bits per heavy atom. The lowest BCUT2D eigenvalue weighted by Gasteiger charge is -2.04. The van der Waals surface area contributed by atoms with Gasteiger partial charge in [0, 0.05) is 5.92 Å². The zero-order chi connectivity index (χ0) is 8.97. The van der Waals surface area contributed by atoms with Gasteiger partial charge in [-0.2, -0.15) is 11.3 Å². The average Bonchev–Trinajstić information content (AvgIpc) is 2.51. The van der Waals surface area contributed by atoms with Gasteiger partial charge in [-0.3, -0.25) is 4.79 Å². The van der Waals surface area contributed by atoms with Crippen molar-refractivity contribution in [3.05, 3.63) is 22.4 Å². The molecular weight excluding hydrogens is 170 g/mol. The number of aryl methyl sites for hydroxylation is 1. The van der Waals surface area contributed by atoms with E-state index >= 15 is 0 Å². The molecule has 0 fully saturated rings. The van der Waals surface area contributed by atoms with Crippen LogP contribution in [-0.4, -0.2) is 5.91 Å². The lowest BCUT2D eigenvalue weighted by Crippen LogP contribution is -2.20. The smallest absolute Gasteiger partial charge is 0.220 e. The molecule has 66 valence electrons. The van der Waals surface area contributed by atoms with Crippen molar-refractivity contribution in [1.29, 1.82) is 0 Å². The van der Waals surface area contributed by atoms with Crippen molar-refractivity contribution in [3.63, 3.8) is 0 Å². The number of carbonyl (C=O) groups excluding carboxylic acids is 1. The van der Waals surface area contributed by atoms with Crippen molar-refractivity contribution in [2.45, 2.75) is 19.8 Å². The van der Waals surface area contributed by atoms with Gasteiger partial charge in [-0.1, -0.05) is 6.92 Å². The molecule has 0 aliphatic heterocycles. The van der Waals surface area contributed by atoms with Gasteiger partial charge in [-0.05, 0) is 35.2 Å². The highest BCUT2D eigenvalue weighted by Crippen LogP contribution is 2.11. The van der Waals surface area contributed by atoms with E-state index in [1.54, 1.807) is 11.3 Å². The molecule has 0 spiro atoms. The minimum Gasteiger partial charge on any atom is -0.369 e. The molecule has 1 amide bonds. The first-order valence-corrected chi connectivity index (χ1v) is 4.95. The molecule has 0 aliphatic rings. The van der Waals surface area contributed by atoms with E-state index in [0.717, 1.165) is 12.8 Å². The number of primary amides is 1. The predicted molar refractivity (Wildman–Crippen MR) is 51.0 cm³/mol. The molecule has 1 heterocycles. The van der Waals surface area contributed by atoms with Crippen LogP contribution in [0.25, 0.3) is 0 Å². The van der Waals surface area contributed by atoms with Gasteiger partial charge in [0.1, 0.15) is 0 Å². The zero-order valence-corrected chi connectivity index (χ0v) is 7.93. The highest BCUT2D eigenvalue weighted by molar-refractivity contribution is 7.07. The van der Waals surface area contributed by atoms with Crippen LogP contribution in [0.2, 0.25) is 0 Å².